The Hall–Kier alpha value is -2.99. The average Bonchev–Trinajstić information content (AvgIpc) is 3.17. The molecule has 0 unspecified atom stereocenters. The van der Waals surface area contributed by atoms with Gasteiger partial charge in [0.25, 0.3) is 0 Å². The van der Waals surface area contributed by atoms with Crippen LogP contribution in [0.1, 0.15) is 16.8 Å². The Labute approximate surface area is 174 Å². The maximum absolute atomic E-state index is 12.8. The van der Waals surface area contributed by atoms with E-state index in [2.05, 4.69) is 5.16 Å². The third-order valence-electron chi connectivity index (χ3n) is 5.10. The molecule has 29 heavy (non-hydrogen) atoms. The summed E-state index contributed by atoms with van der Waals surface area (Å²) in [5, 5.41) is 4.88. The molecule has 0 atom stereocenters. The molecule has 0 fully saturated rings. The molecule has 1 aromatic heterocycles. The summed E-state index contributed by atoms with van der Waals surface area (Å²) in [7, 11) is 3.17. The molecule has 0 bridgehead atoms. The Morgan fingerprint density at radius 2 is 1.90 bits per heavy atom. The van der Waals surface area contributed by atoms with Crippen LogP contribution in [0.3, 0.4) is 0 Å². The Morgan fingerprint density at radius 1 is 1.14 bits per heavy atom. The van der Waals surface area contributed by atoms with Gasteiger partial charge in [0.15, 0.2) is 17.3 Å². The molecular formula is C22H21ClN2O4. The zero-order valence-electron chi connectivity index (χ0n) is 16.3. The van der Waals surface area contributed by atoms with Crippen molar-refractivity contribution in [3.05, 3.63) is 64.3 Å². The number of hydrogen-bond donors (Lipinski definition) is 0. The summed E-state index contributed by atoms with van der Waals surface area (Å²) in [6, 6.07) is 13.0. The minimum absolute atomic E-state index is 0.0407. The van der Waals surface area contributed by atoms with E-state index in [-0.39, 0.29) is 12.3 Å². The van der Waals surface area contributed by atoms with E-state index in [9.17, 15) is 4.79 Å². The van der Waals surface area contributed by atoms with Crippen LogP contribution in [0.25, 0.3) is 11.3 Å². The molecule has 6 nitrogen and oxygen atoms in total. The number of aromatic nitrogens is 1. The zero-order valence-corrected chi connectivity index (χ0v) is 17.0. The lowest BCUT2D eigenvalue weighted by atomic mass is 10.00. The third-order valence-corrected chi connectivity index (χ3v) is 5.36. The molecule has 2 heterocycles. The van der Waals surface area contributed by atoms with Crippen LogP contribution in [0.2, 0.25) is 5.02 Å². The van der Waals surface area contributed by atoms with Gasteiger partial charge in [0.05, 0.1) is 27.2 Å². The quantitative estimate of drug-likeness (QED) is 0.630. The Kier molecular flexibility index (Phi) is 5.45. The number of benzene rings is 2. The van der Waals surface area contributed by atoms with Crippen molar-refractivity contribution in [2.45, 2.75) is 19.4 Å². The van der Waals surface area contributed by atoms with Gasteiger partial charge in [-0.2, -0.15) is 0 Å². The maximum Gasteiger partial charge on any atom is 0.227 e. The van der Waals surface area contributed by atoms with Crippen LogP contribution in [0.15, 0.2) is 47.0 Å². The topological polar surface area (TPSA) is 64.8 Å². The summed E-state index contributed by atoms with van der Waals surface area (Å²) in [6.45, 7) is 1.07. The smallest absolute Gasteiger partial charge is 0.227 e. The maximum atomic E-state index is 12.8. The number of nitrogens with zero attached hydrogens (tertiary/aromatic N) is 2. The van der Waals surface area contributed by atoms with Crippen molar-refractivity contribution in [2.75, 3.05) is 20.8 Å². The molecule has 4 rings (SSSR count). The van der Waals surface area contributed by atoms with Gasteiger partial charge in [0.1, 0.15) is 5.69 Å². The number of ether oxygens (including phenoxy) is 2. The SMILES string of the molecule is COc1ccc(CC(=O)N2CCc3c(noc3-c3ccc(Cl)cc3)C2)cc1OC. The molecule has 1 aliphatic rings. The number of carbonyl (C=O) groups is 1. The monoisotopic (exact) mass is 412 g/mol. The first-order valence-electron chi connectivity index (χ1n) is 9.31. The van der Waals surface area contributed by atoms with Crippen LogP contribution in [0.4, 0.5) is 0 Å². The highest BCUT2D eigenvalue weighted by Gasteiger charge is 2.27. The second-order valence-electron chi connectivity index (χ2n) is 6.88. The molecule has 1 aliphatic heterocycles. The highest BCUT2D eigenvalue weighted by Crippen LogP contribution is 2.32. The van der Waals surface area contributed by atoms with Crippen molar-refractivity contribution in [1.29, 1.82) is 0 Å². The normalized spacial score (nSPS) is 13.1. The van der Waals surface area contributed by atoms with Gasteiger partial charge in [-0.1, -0.05) is 22.8 Å². The van der Waals surface area contributed by atoms with Crippen LogP contribution in [-0.4, -0.2) is 36.7 Å². The van der Waals surface area contributed by atoms with Crippen molar-refractivity contribution in [3.8, 4) is 22.8 Å². The van der Waals surface area contributed by atoms with E-state index < -0.39 is 0 Å². The predicted molar refractivity (Wildman–Crippen MR) is 109 cm³/mol. The van der Waals surface area contributed by atoms with Gasteiger partial charge in [0, 0.05) is 22.7 Å². The van der Waals surface area contributed by atoms with Crippen molar-refractivity contribution in [1.82, 2.24) is 10.1 Å². The molecule has 3 aromatic rings. The number of rotatable bonds is 5. The zero-order chi connectivity index (χ0) is 20.4. The molecule has 150 valence electrons. The largest absolute Gasteiger partial charge is 0.493 e. The summed E-state index contributed by atoms with van der Waals surface area (Å²) < 4.78 is 16.2. The molecule has 1 amide bonds. The van der Waals surface area contributed by atoms with Crippen molar-refractivity contribution in [2.24, 2.45) is 0 Å². The van der Waals surface area contributed by atoms with E-state index >= 15 is 0 Å². The lowest BCUT2D eigenvalue weighted by Crippen LogP contribution is -2.36. The molecule has 0 spiro atoms. The Bertz CT molecular complexity index is 1030. The van der Waals surface area contributed by atoms with Gasteiger partial charge in [-0.3, -0.25) is 4.79 Å². The summed E-state index contributed by atoms with van der Waals surface area (Å²) in [5.74, 6) is 2.05. The van der Waals surface area contributed by atoms with Gasteiger partial charge < -0.3 is 18.9 Å². The van der Waals surface area contributed by atoms with Crippen LogP contribution >= 0.6 is 11.6 Å². The number of amides is 1. The molecule has 0 aliphatic carbocycles. The molecular weight excluding hydrogens is 392 g/mol. The van der Waals surface area contributed by atoms with E-state index in [1.54, 1.807) is 14.2 Å². The molecule has 0 saturated heterocycles. The summed E-state index contributed by atoms with van der Waals surface area (Å²) in [6.07, 6.45) is 0.992. The van der Waals surface area contributed by atoms with E-state index in [0.29, 0.717) is 36.0 Å². The van der Waals surface area contributed by atoms with Gasteiger partial charge in [0.2, 0.25) is 5.91 Å². The second kappa shape index (κ2) is 8.17. The van der Waals surface area contributed by atoms with E-state index in [1.807, 2.05) is 47.4 Å². The van der Waals surface area contributed by atoms with Crippen LogP contribution < -0.4 is 9.47 Å². The molecule has 2 aromatic carbocycles. The van der Waals surface area contributed by atoms with Crippen LogP contribution in [0.5, 0.6) is 11.5 Å². The van der Waals surface area contributed by atoms with E-state index in [4.69, 9.17) is 25.6 Å². The van der Waals surface area contributed by atoms with E-state index in [0.717, 1.165) is 28.1 Å². The Morgan fingerprint density at radius 3 is 2.62 bits per heavy atom. The standard InChI is InChI=1S/C22H21ClN2O4/c1-27-19-8-3-14(11-20(19)28-2)12-21(26)25-10-9-17-18(13-25)24-29-22(17)15-4-6-16(23)7-5-15/h3-8,11H,9-10,12-13H2,1-2H3. The fraction of sp³-hybridized carbons (Fsp3) is 0.273. The lowest BCUT2D eigenvalue weighted by molar-refractivity contribution is -0.131. The summed E-state index contributed by atoms with van der Waals surface area (Å²) >= 11 is 5.97. The Balaban J connectivity index is 1.47. The van der Waals surface area contributed by atoms with E-state index in [1.165, 1.54) is 0 Å². The number of hydrogen-bond acceptors (Lipinski definition) is 5. The minimum atomic E-state index is 0.0407. The van der Waals surface area contributed by atoms with Crippen LogP contribution in [-0.2, 0) is 24.2 Å². The first-order chi connectivity index (χ1) is 14.1. The third kappa shape index (κ3) is 3.93. The minimum Gasteiger partial charge on any atom is -0.493 e. The van der Waals surface area contributed by atoms with Gasteiger partial charge in [-0.25, -0.2) is 0 Å². The highest BCUT2D eigenvalue weighted by molar-refractivity contribution is 6.30. The number of fused-ring (bicyclic) bond motifs is 1. The number of carbonyl (C=O) groups excluding carboxylic acids is 1. The first-order valence-corrected chi connectivity index (χ1v) is 9.69. The molecule has 0 saturated carbocycles. The lowest BCUT2D eigenvalue weighted by Gasteiger charge is -2.26. The van der Waals surface area contributed by atoms with Crippen LogP contribution in [0, 0.1) is 0 Å². The molecule has 7 heteroatoms. The number of halogens is 1. The fourth-order valence-corrected chi connectivity index (χ4v) is 3.67. The van der Waals surface area contributed by atoms with Gasteiger partial charge in [-0.15, -0.1) is 0 Å². The summed E-state index contributed by atoms with van der Waals surface area (Å²) in [4.78, 5) is 14.6. The van der Waals surface area contributed by atoms with Crippen molar-refractivity contribution < 1.29 is 18.8 Å². The highest BCUT2D eigenvalue weighted by atomic mass is 35.5. The fourth-order valence-electron chi connectivity index (χ4n) is 3.55. The first kappa shape index (κ1) is 19.3. The number of methoxy groups -OCH3 is 2. The molecule has 0 radical (unpaired) electrons. The molecule has 0 N–H and O–H groups in total. The van der Waals surface area contributed by atoms with Crippen molar-refractivity contribution >= 4 is 17.5 Å². The summed E-state index contributed by atoms with van der Waals surface area (Å²) in [5.41, 5.74) is 3.68. The van der Waals surface area contributed by atoms with Gasteiger partial charge >= 0.3 is 0 Å². The predicted octanol–water partition coefficient (Wildman–Crippen LogP) is 4.14. The second-order valence-corrected chi connectivity index (χ2v) is 7.31. The van der Waals surface area contributed by atoms with Gasteiger partial charge in [-0.05, 0) is 48.4 Å². The average molecular weight is 413 g/mol. The van der Waals surface area contributed by atoms with Crippen molar-refractivity contribution in [3.63, 3.8) is 0 Å².